The molecule has 1 saturated carbocycles. The molecule has 0 radical (unpaired) electrons. The number of nitrogens with one attached hydrogen (secondary N) is 1. The SMILES string of the molecule is O=C(NCC1(CCl)CCCC1)c1csc(I)c1. The van der Waals surface area contributed by atoms with Crippen LogP contribution in [0.3, 0.4) is 0 Å². The van der Waals surface area contributed by atoms with Crippen molar-refractivity contribution in [3.63, 3.8) is 0 Å². The molecule has 2 nitrogen and oxygen atoms in total. The smallest absolute Gasteiger partial charge is 0.252 e. The van der Waals surface area contributed by atoms with Gasteiger partial charge in [0.1, 0.15) is 0 Å². The summed E-state index contributed by atoms with van der Waals surface area (Å²) in [6.45, 7) is 0.710. The molecular formula is C12H15ClINOS. The lowest BCUT2D eigenvalue weighted by Gasteiger charge is -2.26. The maximum atomic E-state index is 11.9. The van der Waals surface area contributed by atoms with Gasteiger partial charge in [-0.05, 0) is 41.5 Å². The Kier molecular flexibility index (Phi) is 4.72. The van der Waals surface area contributed by atoms with Gasteiger partial charge in [-0.2, -0.15) is 0 Å². The van der Waals surface area contributed by atoms with Crippen molar-refractivity contribution in [2.45, 2.75) is 25.7 Å². The van der Waals surface area contributed by atoms with Crippen molar-refractivity contribution in [2.24, 2.45) is 5.41 Å². The third-order valence-electron chi connectivity index (χ3n) is 3.40. The molecule has 0 atom stereocenters. The number of hydrogen-bond acceptors (Lipinski definition) is 2. The van der Waals surface area contributed by atoms with Crippen LogP contribution in [0, 0.1) is 8.30 Å². The average Bonchev–Trinajstić information content (AvgIpc) is 2.95. The van der Waals surface area contributed by atoms with Gasteiger partial charge in [0.25, 0.3) is 5.91 Å². The lowest BCUT2D eigenvalue weighted by atomic mass is 9.88. The summed E-state index contributed by atoms with van der Waals surface area (Å²) in [7, 11) is 0. The van der Waals surface area contributed by atoms with Gasteiger partial charge in [-0.3, -0.25) is 4.79 Å². The molecule has 0 spiro atoms. The van der Waals surface area contributed by atoms with Crippen molar-refractivity contribution in [1.29, 1.82) is 0 Å². The first-order valence-corrected chi connectivity index (χ1v) is 8.23. The van der Waals surface area contributed by atoms with E-state index in [1.807, 2.05) is 11.4 Å². The Morgan fingerprint density at radius 3 is 2.76 bits per heavy atom. The number of carbonyl (C=O) groups is 1. The third kappa shape index (κ3) is 3.35. The van der Waals surface area contributed by atoms with Gasteiger partial charge >= 0.3 is 0 Å². The zero-order chi connectivity index (χ0) is 12.3. The summed E-state index contributed by atoms with van der Waals surface area (Å²) in [5.74, 6) is 0.676. The highest BCUT2D eigenvalue weighted by molar-refractivity contribution is 14.1. The van der Waals surface area contributed by atoms with E-state index in [1.165, 1.54) is 12.8 Å². The highest BCUT2D eigenvalue weighted by atomic mass is 127. The van der Waals surface area contributed by atoms with Crippen LogP contribution < -0.4 is 5.32 Å². The fourth-order valence-corrected chi connectivity index (χ4v) is 3.97. The summed E-state index contributed by atoms with van der Waals surface area (Å²) in [6.07, 6.45) is 4.74. The topological polar surface area (TPSA) is 29.1 Å². The average molecular weight is 384 g/mol. The second-order valence-corrected chi connectivity index (χ2v) is 7.74. The van der Waals surface area contributed by atoms with Crippen molar-refractivity contribution in [2.75, 3.05) is 12.4 Å². The van der Waals surface area contributed by atoms with E-state index in [1.54, 1.807) is 11.3 Å². The molecule has 5 heteroatoms. The largest absolute Gasteiger partial charge is 0.351 e. The Labute approximate surface area is 124 Å². The van der Waals surface area contributed by atoms with Crippen LogP contribution in [0.4, 0.5) is 0 Å². The van der Waals surface area contributed by atoms with E-state index in [4.69, 9.17) is 11.6 Å². The van der Waals surface area contributed by atoms with Crippen molar-refractivity contribution in [3.8, 4) is 0 Å². The fraction of sp³-hybridized carbons (Fsp3) is 0.583. The minimum absolute atomic E-state index is 0.0283. The first-order valence-electron chi connectivity index (χ1n) is 5.73. The standard InChI is InChI=1S/C12H15ClINOS/c13-7-12(3-1-2-4-12)8-15-11(16)9-5-10(14)17-6-9/h5-6H,1-4,7-8H2,(H,15,16). The Hall–Kier alpha value is 0.190. The van der Waals surface area contributed by atoms with Gasteiger partial charge in [0.05, 0.1) is 8.45 Å². The van der Waals surface area contributed by atoms with Gasteiger partial charge in [-0.1, -0.05) is 12.8 Å². The minimum Gasteiger partial charge on any atom is -0.351 e. The molecule has 94 valence electrons. The molecule has 1 fully saturated rings. The summed E-state index contributed by atoms with van der Waals surface area (Å²) >= 11 is 9.87. The van der Waals surface area contributed by atoms with E-state index in [2.05, 4.69) is 27.9 Å². The van der Waals surface area contributed by atoms with Gasteiger partial charge in [-0.15, -0.1) is 22.9 Å². The number of rotatable bonds is 4. The van der Waals surface area contributed by atoms with Crippen molar-refractivity contribution >= 4 is 51.4 Å². The van der Waals surface area contributed by atoms with Crippen LogP contribution in [0.5, 0.6) is 0 Å². The van der Waals surface area contributed by atoms with Gasteiger partial charge in [-0.25, -0.2) is 0 Å². The van der Waals surface area contributed by atoms with Crippen LogP contribution in [0.25, 0.3) is 0 Å². The molecule has 0 aliphatic heterocycles. The molecule has 1 aliphatic rings. The lowest BCUT2D eigenvalue weighted by Crippen LogP contribution is -2.37. The van der Waals surface area contributed by atoms with Crippen LogP contribution in [0.2, 0.25) is 0 Å². The van der Waals surface area contributed by atoms with Gasteiger partial charge in [0.2, 0.25) is 0 Å². The molecular weight excluding hydrogens is 369 g/mol. The summed E-state index contributed by atoms with van der Waals surface area (Å²) in [6, 6.07) is 1.92. The van der Waals surface area contributed by atoms with E-state index in [0.717, 1.165) is 21.3 Å². The molecule has 0 aromatic carbocycles. The van der Waals surface area contributed by atoms with Crippen LogP contribution >= 0.6 is 45.5 Å². The predicted molar refractivity (Wildman–Crippen MR) is 81.0 cm³/mol. The molecule has 1 aliphatic carbocycles. The van der Waals surface area contributed by atoms with Gasteiger partial charge < -0.3 is 5.32 Å². The Morgan fingerprint density at radius 2 is 2.24 bits per heavy atom. The molecule has 1 aromatic rings. The quantitative estimate of drug-likeness (QED) is 0.620. The van der Waals surface area contributed by atoms with Crippen molar-refractivity contribution in [3.05, 3.63) is 19.9 Å². The molecule has 1 aromatic heterocycles. The zero-order valence-electron chi connectivity index (χ0n) is 9.47. The van der Waals surface area contributed by atoms with E-state index < -0.39 is 0 Å². The second-order valence-electron chi connectivity index (χ2n) is 4.66. The van der Waals surface area contributed by atoms with E-state index in [-0.39, 0.29) is 11.3 Å². The molecule has 0 saturated heterocycles. The normalized spacial score (nSPS) is 18.2. The highest BCUT2D eigenvalue weighted by Gasteiger charge is 2.33. The Bertz CT molecular complexity index is 401. The monoisotopic (exact) mass is 383 g/mol. The highest BCUT2D eigenvalue weighted by Crippen LogP contribution is 2.38. The van der Waals surface area contributed by atoms with Crippen LogP contribution in [-0.2, 0) is 0 Å². The third-order valence-corrected chi connectivity index (χ3v) is 5.76. The Morgan fingerprint density at radius 1 is 1.53 bits per heavy atom. The first-order chi connectivity index (χ1) is 8.15. The molecule has 0 bridgehead atoms. The van der Waals surface area contributed by atoms with E-state index >= 15 is 0 Å². The number of carbonyl (C=O) groups excluding carboxylic acids is 1. The Balaban J connectivity index is 1.91. The predicted octanol–water partition coefficient (Wildman–Crippen LogP) is 3.88. The van der Waals surface area contributed by atoms with Crippen molar-refractivity contribution in [1.82, 2.24) is 5.32 Å². The number of halogens is 2. The number of alkyl halides is 1. The van der Waals surface area contributed by atoms with E-state index in [0.29, 0.717) is 12.4 Å². The minimum atomic E-state index is 0.0283. The molecule has 1 heterocycles. The summed E-state index contributed by atoms with van der Waals surface area (Å²) in [5.41, 5.74) is 0.905. The summed E-state index contributed by atoms with van der Waals surface area (Å²) in [4.78, 5) is 11.9. The van der Waals surface area contributed by atoms with Gasteiger partial charge in [0.15, 0.2) is 0 Å². The summed E-state index contributed by atoms with van der Waals surface area (Å²) in [5, 5.41) is 4.93. The molecule has 1 amide bonds. The second kappa shape index (κ2) is 5.89. The maximum absolute atomic E-state index is 11.9. The van der Waals surface area contributed by atoms with Crippen LogP contribution in [0.15, 0.2) is 11.4 Å². The van der Waals surface area contributed by atoms with Crippen LogP contribution in [-0.4, -0.2) is 18.3 Å². The van der Waals surface area contributed by atoms with Crippen molar-refractivity contribution < 1.29 is 4.79 Å². The molecule has 1 N–H and O–H groups in total. The zero-order valence-corrected chi connectivity index (χ0v) is 13.2. The maximum Gasteiger partial charge on any atom is 0.252 e. The summed E-state index contributed by atoms with van der Waals surface area (Å²) < 4.78 is 1.14. The number of hydrogen-bond donors (Lipinski definition) is 1. The van der Waals surface area contributed by atoms with Gasteiger partial charge in [0, 0.05) is 23.2 Å². The fourth-order valence-electron chi connectivity index (χ4n) is 2.28. The van der Waals surface area contributed by atoms with E-state index in [9.17, 15) is 4.79 Å². The van der Waals surface area contributed by atoms with Crippen LogP contribution in [0.1, 0.15) is 36.0 Å². The number of amides is 1. The molecule has 17 heavy (non-hydrogen) atoms. The molecule has 0 unspecified atom stereocenters. The molecule has 2 rings (SSSR count). The lowest BCUT2D eigenvalue weighted by molar-refractivity contribution is 0.0935. The first kappa shape index (κ1) is 13.6. The number of thiophene rings is 1.